The molecule has 4 saturated carbocycles. The monoisotopic (exact) mass is 310 g/mol. The van der Waals surface area contributed by atoms with Crippen molar-refractivity contribution >= 4 is 11.9 Å². The molecule has 4 aliphatic rings. The summed E-state index contributed by atoms with van der Waals surface area (Å²) in [4.78, 5) is 24.3. The smallest absolute Gasteiger partial charge is 0.314 e. The fourth-order valence-electron chi connectivity index (χ4n) is 5.39. The van der Waals surface area contributed by atoms with Crippen LogP contribution in [0.15, 0.2) is 0 Å². The average molecular weight is 310 g/mol. The molecular formula is C17H26O5. The van der Waals surface area contributed by atoms with Crippen LogP contribution in [0.2, 0.25) is 0 Å². The molecule has 0 saturated heterocycles. The van der Waals surface area contributed by atoms with E-state index < -0.39 is 17.3 Å². The Kier molecular flexibility index (Phi) is 3.96. The van der Waals surface area contributed by atoms with E-state index in [-0.39, 0.29) is 11.9 Å². The molecule has 4 rings (SSSR count). The van der Waals surface area contributed by atoms with E-state index in [2.05, 4.69) is 0 Å². The number of esters is 2. The van der Waals surface area contributed by atoms with E-state index >= 15 is 0 Å². The summed E-state index contributed by atoms with van der Waals surface area (Å²) in [6.45, 7) is 5.61. The highest BCUT2D eigenvalue weighted by Gasteiger charge is 2.63. The molecule has 0 radical (unpaired) electrons. The molecule has 4 aliphatic carbocycles. The van der Waals surface area contributed by atoms with Crippen molar-refractivity contribution in [3.8, 4) is 0 Å². The van der Waals surface area contributed by atoms with E-state index in [1.54, 1.807) is 6.92 Å². The van der Waals surface area contributed by atoms with Gasteiger partial charge in [-0.25, -0.2) is 0 Å². The topological polar surface area (TPSA) is 61.8 Å². The molecule has 124 valence electrons. The molecule has 3 unspecified atom stereocenters. The van der Waals surface area contributed by atoms with Crippen molar-refractivity contribution in [1.82, 2.24) is 0 Å². The fraction of sp³-hybridized carbons (Fsp3) is 0.882. The zero-order chi connectivity index (χ0) is 16.0. The third-order valence-corrected chi connectivity index (χ3v) is 5.48. The van der Waals surface area contributed by atoms with Gasteiger partial charge in [0.05, 0.1) is 5.41 Å². The average Bonchev–Trinajstić information content (AvgIpc) is 2.35. The summed E-state index contributed by atoms with van der Waals surface area (Å²) in [7, 11) is 0. The summed E-state index contributed by atoms with van der Waals surface area (Å²) in [5.74, 6) is 0.526. The van der Waals surface area contributed by atoms with Gasteiger partial charge >= 0.3 is 11.9 Å². The Morgan fingerprint density at radius 1 is 1.18 bits per heavy atom. The lowest BCUT2D eigenvalue weighted by Gasteiger charge is -2.59. The van der Waals surface area contributed by atoms with Crippen molar-refractivity contribution in [2.24, 2.45) is 17.3 Å². The molecule has 0 N–H and O–H groups in total. The standard InChI is InChI=1S/C17H26O5/c1-4-20-12(3)21-15(19)16-6-13-5-14(7-16)9-17(8-13,10-16)22-11(2)18/h12-14H,4-10H2,1-3H3. The van der Waals surface area contributed by atoms with Gasteiger partial charge in [-0.05, 0) is 57.8 Å². The van der Waals surface area contributed by atoms with Gasteiger partial charge in [0, 0.05) is 20.0 Å². The summed E-state index contributed by atoms with van der Waals surface area (Å²) in [5.41, 5.74) is -0.922. The first-order valence-electron chi connectivity index (χ1n) is 8.39. The van der Waals surface area contributed by atoms with Crippen LogP contribution in [0.25, 0.3) is 0 Å². The van der Waals surface area contributed by atoms with E-state index in [9.17, 15) is 9.59 Å². The van der Waals surface area contributed by atoms with E-state index in [4.69, 9.17) is 14.2 Å². The largest absolute Gasteiger partial charge is 0.459 e. The van der Waals surface area contributed by atoms with Crippen molar-refractivity contribution in [3.63, 3.8) is 0 Å². The zero-order valence-corrected chi connectivity index (χ0v) is 13.7. The Bertz CT molecular complexity index is 458. The molecule has 5 nitrogen and oxygen atoms in total. The number of rotatable bonds is 5. The Balaban J connectivity index is 1.78. The van der Waals surface area contributed by atoms with Crippen LogP contribution in [0.3, 0.4) is 0 Å². The highest BCUT2D eigenvalue weighted by atomic mass is 16.7. The second kappa shape index (κ2) is 5.52. The van der Waals surface area contributed by atoms with Gasteiger partial charge in [-0.15, -0.1) is 0 Å². The van der Waals surface area contributed by atoms with Crippen LogP contribution in [0.1, 0.15) is 59.3 Å². The third kappa shape index (κ3) is 2.75. The molecular weight excluding hydrogens is 284 g/mol. The van der Waals surface area contributed by atoms with Crippen LogP contribution in [0.4, 0.5) is 0 Å². The Hall–Kier alpha value is -1.10. The first-order valence-corrected chi connectivity index (χ1v) is 8.39. The second-order valence-corrected chi connectivity index (χ2v) is 7.45. The Labute approximate surface area is 131 Å². The lowest BCUT2D eigenvalue weighted by molar-refractivity contribution is -0.223. The maximum atomic E-state index is 12.8. The van der Waals surface area contributed by atoms with E-state index in [1.807, 2.05) is 6.92 Å². The van der Waals surface area contributed by atoms with Crippen LogP contribution in [-0.2, 0) is 23.8 Å². The number of carbonyl (C=O) groups excluding carboxylic acids is 2. The van der Waals surface area contributed by atoms with Crippen molar-refractivity contribution in [1.29, 1.82) is 0 Å². The van der Waals surface area contributed by atoms with Gasteiger partial charge in [0.25, 0.3) is 0 Å². The number of ether oxygens (including phenoxy) is 3. The van der Waals surface area contributed by atoms with Crippen LogP contribution in [-0.4, -0.2) is 30.4 Å². The normalized spacial score (nSPS) is 40.3. The molecule has 0 aromatic carbocycles. The molecule has 5 heteroatoms. The maximum absolute atomic E-state index is 12.8. The second-order valence-electron chi connectivity index (χ2n) is 7.45. The summed E-state index contributed by atoms with van der Waals surface area (Å²) >= 11 is 0. The van der Waals surface area contributed by atoms with Gasteiger partial charge in [-0.3, -0.25) is 9.59 Å². The summed E-state index contributed by atoms with van der Waals surface area (Å²) in [5, 5.41) is 0. The molecule has 3 atom stereocenters. The zero-order valence-electron chi connectivity index (χ0n) is 13.7. The number of hydrogen-bond donors (Lipinski definition) is 0. The lowest BCUT2D eigenvalue weighted by atomic mass is 9.48. The van der Waals surface area contributed by atoms with Crippen LogP contribution in [0.5, 0.6) is 0 Å². The maximum Gasteiger partial charge on any atom is 0.314 e. The first-order chi connectivity index (χ1) is 10.4. The molecule has 22 heavy (non-hydrogen) atoms. The minimum atomic E-state index is -0.518. The predicted octanol–water partition coefficient (Wildman–Crippen LogP) is 2.81. The molecule has 0 aromatic heterocycles. The van der Waals surface area contributed by atoms with Crippen molar-refractivity contribution in [2.75, 3.05) is 6.61 Å². The first kappa shape index (κ1) is 15.8. The van der Waals surface area contributed by atoms with Crippen LogP contribution >= 0.6 is 0 Å². The predicted molar refractivity (Wildman–Crippen MR) is 78.8 cm³/mol. The summed E-state index contributed by atoms with van der Waals surface area (Å²) in [6, 6.07) is 0. The molecule has 0 aromatic rings. The molecule has 4 bridgehead atoms. The van der Waals surface area contributed by atoms with Crippen LogP contribution < -0.4 is 0 Å². The van der Waals surface area contributed by atoms with Crippen molar-refractivity contribution < 1.29 is 23.8 Å². The minimum Gasteiger partial charge on any atom is -0.459 e. The van der Waals surface area contributed by atoms with Gasteiger partial charge in [0.1, 0.15) is 5.60 Å². The van der Waals surface area contributed by atoms with Crippen LogP contribution in [0, 0.1) is 17.3 Å². The van der Waals surface area contributed by atoms with Gasteiger partial charge in [0.15, 0.2) is 6.29 Å². The SMILES string of the molecule is CCOC(C)OC(=O)C12CC3CC(CC(OC(C)=O)(C3)C1)C2. The van der Waals surface area contributed by atoms with E-state index in [0.29, 0.717) is 24.9 Å². The Morgan fingerprint density at radius 2 is 1.82 bits per heavy atom. The van der Waals surface area contributed by atoms with Crippen molar-refractivity contribution in [2.45, 2.75) is 71.2 Å². The fourth-order valence-corrected chi connectivity index (χ4v) is 5.39. The highest BCUT2D eigenvalue weighted by molar-refractivity contribution is 5.78. The molecule has 4 fully saturated rings. The Morgan fingerprint density at radius 3 is 2.36 bits per heavy atom. The number of hydrogen-bond acceptors (Lipinski definition) is 5. The minimum absolute atomic E-state index is 0.168. The summed E-state index contributed by atoms with van der Waals surface area (Å²) in [6.07, 6.45) is 4.78. The van der Waals surface area contributed by atoms with Crippen molar-refractivity contribution in [3.05, 3.63) is 0 Å². The summed E-state index contributed by atoms with van der Waals surface area (Å²) < 4.78 is 16.6. The van der Waals surface area contributed by atoms with Gasteiger partial charge in [-0.2, -0.15) is 0 Å². The third-order valence-electron chi connectivity index (χ3n) is 5.48. The van der Waals surface area contributed by atoms with E-state index in [0.717, 1.165) is 32.1 Å². The van der Waals surface area contributed by atoms with Gasteiger partial charge in [-0.1, -0.05) is 0 Å². The quantitative estimate of drug-likeness (QED) is 0.577. The van der Waals surface area contributed by atoms with Gasteiger partial charge in [0.2, 0.25) is 0 Å². The van der Waals surface area contributed by atoms with E-state index in [1.165, 1.54) is 6.92 Å². The number of carbonyl (C=O) groups is 2. The highest BCUT2D eigenvalue weighted by Crippen LogP contribution is 2.63. The molecule has 0 aliphatic heterocycles. The van der Waals surface area contributed by atoms with Gasteiger partial charge < -0.3 is 14.2 Å². The lowest BCUT2D eigenvalue weighted by Crippen LogP contribution is -2.60. The molecule has 0 heterocycles. The molecule has 0 amide bonds. The molecule has 0 spiro atoms.